The number of carbonyl (C=O) groups excluding carboxylic acids is 2. The van der Waals surface area contributed by atoms with Gasteiger partial charge < -0.3 is 14.8 Å². The van der Waals surface area contributed by atoms with E-state index in [4.69, 9.17) is 0 Å². The minimum absolute atomic E-state index is 0.0177. The summed E-state index contributed by atoms with van der Waals surface area (Å²) in [6.07, 6.45) is 3.47. The van der Waals surface area contributed by atoms with Crippen molar-refractivity contribution in [1.29, 1.82) is 0 Å². The molecule has 38 heavy (non-hydrogen) atoms. The first-order valence-electron chi connectivity index (χ1n) is 12.7. The molecule has 1 aliphatic rings. The molecule has 0 aliphatic carbocycles. The van der Waals surface area contributed by atoms with Gasteiger partial charge in [-0.05, 0) is 66.8 Å². The van der Waals surface area contributed by atoms with Gasteiger partial charge in [0.25, 0.3) is 5.91 Å². The van der Waals surface area contributed by atoms with E-state index in [0.29, 0.717) is 24.7 Å². The summed E-state index contributed by atoms with van der Waals surface area (Å²) in [6, 6.07) is 21.7. The lowest BCUT2D eigenvalue weighted by molar-refractivity contribution is -0.116. The molecule has 1 N–H and O–H groups in total. The molecule has 1 saturated heterocycles. The minimum atomic E-state index is -0.0956. The molecule has 2 amide bonds. The van der Waals surface area contributed by atoms with E-state index in [1.807, 2.05) is 71.1 Å². The summed E-state index contributed by atoms with van der Waals surface area (Å²) in [5, 5.41) is 8.37. The number of likely N-dealkylation sites (tertiary alicyclic amines) is 1. The van der Waals surface area contributed by atoms with E-state index in [1.54, 1.807) is 11.0 Å². The summed E-state index contributed by atoms with van der Waals surface area (Å²) in [5.41, 5.74) is 5.25. The smallest absolute Gasteiger partial charge is 0.275 e. The number of fused-ring (bicyclic) bond motifs is 2. The third kappa shape index (κ3) is 4.69. The monoisotopic (exact) mass is 570 g/mol. The number of nitrogens with zero attached hydrogens (tertiary/aromatic N) is 5. The summed E-state index contributed by atoms with van der Waals surface area (Å²) in [6.45, 7) is 1.58. The number of hydrogen-bond donors (Lipinski definition) is 1. The fourth-order valence-electron chi connectivity index (χ4n) is 5.29. The van der Waals surface area contributed by atoms with Crippen molar-refractivity contribution in [2.45, 2.75) is 25.3 Å². The van der Waals surface area contributed by atoms with E-state index in [1.165, 1.54) is 5.56 Å². The molecule has 0 bridgehead atoms. The van der Waals surface area contributed by atoms with Gasteiger partial charge in [0, 0.05) is 35.7 Å². The second-order valence-electron chi connectivity index (χ2n) is 9.73. The molecule has 8 nitrogen and oxygen atoms in total. The van der Waals surface area contributed by atoms with Gasteiger partial charge in [-0.3, -0.25) is 14.3 Å². The second kappa shape index (κ2) is 10.1. The highest BCUT2D eigenvalue weighted by Crippen LogP contribution is 2.31. The first-order chi connectivity index (χ1) is 18.5. The summed E-state index contributed by atoms with van der Waals surface area (Å²) in [4.78, 5) is 32.2. The number of benzene rings is 3. The number of aryl methyl sites for hydroxylation is 1. The standard InChI is InChI=1S/C29H27BrN6O2/c1-34-25-11-8-21(30)16-23(25)28(33-34)29(38)35-14-12-20(13-15-35)19-6-9-22(10-7-19)32-27(37)17-36-18-31-24-4-2-3-5-26(24)36/h2-11,16,18,20H,12-15,17H2,1H3,(H,32,37). The van der Waals surface area contributed by atoms with Gasteiger partial charge in [0.15, 0.2) is 5.69 Å². The predicted molar refractivity (Wildman–Crippen MR) is 151 cm³/mol. The lowest BCUT2D eigenvalue weighted by atomic mass is 9.89. The molecule has 0 radical (unpaired) electrons. The van der Waals surface area contributed by atoms with Crippen LogP contribution in [0.5, 0.6) is 0 Å². The highest BCUT2D eigenvalue weighted by atomic mass is 79.9. The number of aromatic nitrogens is 4. The fraction of sp³-hybridized carbons (Fsp3) is 0.241. The number of piperidine rings is 1. The average molecular weight is 571 g/mol. The zero-order valence-electron chi connectivity index (χ0n) is 21.0. The highest BCUT2D eigenvalue weighted by Gasteiger charge is 2.27. The van der Waals surface area contributed by atoms with Gasteiger partial charge in [0.1, 0.15) is 6.54 Å². The normalized spacial score (nSPS) is 14.3. The molecule has 2 aromatic heterocycles. The van der Waals surface area contributed by atoms with Gasteiger partial charge in [-0.25, -0.2) is 4.98 Å². The number of amides is 2. The van der Waals surface area contributed by atoms with Gasteiger partial charge in [0.05, 0.1) is 22.9 Å². The molecule has 3 aromatic carbocycles. The zero-order valence-corrected chi connectivity index (χ0v) is 22.6. The molecule has 192 valence electrons. The number of halogens is 1. The lowest BCUT2D eigenvalue weighted by Crippen LogP contribution is -2.38. The van der Waals surface area contributed by atoms with Gasteiger partial charge in [-0.1, -0.05) is 40.2 Å². The van der Waals surface area contributed by atoms with Gasteiger partial charge >= 0.3 is 0 Å². The second-order valence-corrected chi connectivity index (χ2v) is 10.6. The maximum absolute atomic E-state index is 13.3. The Bertz CT molecular complexity index is 1650. The Kier molecular flexibility index (Phi) is 6.45. The molecule has 1 fully saturated rings. The van der Waals surface area contributed by atoms with Crippen LogP contribution in [-0.4, -0.2) is 49.1 Å². The van der Waals surface area contributed by atoms with Crippen molar-refractivity contribution in [3.63, 3.8) is 0 Å². The third-order valence-electron chi connectivity index (χ3n) is 7.30. The van der Waals surface area contributed by atoms with Crippen molar-refractivity contribution >= 4 is 55.4 Å². The Hall–Kier alpha value is -3.98. The van der Waals surface area contributed by atoms with Crippen molar-refractivity contribution in [2.24, 2.45) is 7.05 Å². The van der Waals surface area contributed by atoms with Crippen molar-refractivity contribution in [1.82, 2.24) is 24.2 Å². The van der Waals surface area contributed by atoms with Crippen LogP contribution >= 0.6 is 15.9 Å². The molecule has 0 atom stereocenters. The molecular weight excluding hydrogens is 544 g/mol. The van der Waals surface area contributed by atoms with Crippen LogP contribution in [-0.2, 0) is 18.4 Å². The van der Waals surface area contributed by atoms with E-state index in [9.17, 15) is 9.59 Å². The molecule has 1 aliphatic heterocycles. The Labute approximate surface area is 228 Å². The largest absolute Gasteiger partial charge is 0.337 e. The molecule has 0 spiro atoms. The Morgan fingerprint density at radius 2 is 1.76 bits per heavy atom. The summed E-state index contributed by atoms with van der Waals surface area (Å²) < 4.78 is 4.54. The molecule has 0 saturated carbocycles. The van der Waals surface area contributed by atoms with E-state index in [0.717, 1.165) is 44.9 Å². The third-order valence-corrected chi connectivity index (χ3v) is 7.80. The average Bonchev–Trinajstić information content (AvgIpc) is 3.49. The number of anilines is 1. The number of rotatable bonds is 5. The fourth-order valence-corrected chi connectivity index (χ4v) is 5.65. The maximum atomic E-state index is 13.3. The van der Waals surface area contributed by atoms with Crippen LogP contribution in [0.25, 0.3) is 21.9 Å². The highest BCUT2D eigenvalue weighted by molar-refractivity contribution is 9.10. The van der Waals surface area contributed by atoms with Gasteiger partial charge in [-0.15, -0.1) is 0 Å². The van der Waals surface area contributed by atoms with Crippen molar-refractivity contribution in [3.05, 3.63) is 88.8 Å². The Morgan fingerprint density at radius 1 is 1.00 bits per heavy atom. The molecule has 9 heteroatoms. The van der Waals surface area contributed by atoms with Gasteiger partial charge in [-0.2, -0.15) is 5.10 Å². The Balaban J connectivity index is 1.06. The Morgan fingerprint density at radius 3 is 2.55 bits per heavy atom. The van der Waals surface area contributed by atoms with Crippen molar-refractivity contribution < 1.29 is 9.59 Å². The molecule has 0 unspecified atom stereocenters. The molecular formula is C29H27BrN6O2. The van der Waals surface area contributed by atoms with E-state index < -0.39 is 0 Å². The number of para-hydroxylation sites is 2. The van der Waals surface area contributed by atoms with Crippen LogP contribution in [0.4, 0.5) is 5.69 Å². The number of carbonyl (C=O) groups is 2. The van der Waals surface area contributed by atoms with E-state index in [2.05, 4.69) is 43.5 Å². The van der Waals surface area contributed by atoms with Crippen LogP contribution in [0.1, 0.15) is 34.8 Å². The summed E-state index contributed by atoms with van der Waals surface area (Å²) >= 11 is 3.51. The zero-order chi connectivity index (χ0) is 26.2. The topological polar surface area (TPSA) is 85.0 Å². The van der Waals surface area contributed by atoms with E-state index >= 15 is 0 Å². The van der Waals surface area contributed by atoms with Crippen molar-refractivity contribution in [2.75, 3.05) is 18.4 Å². The first kappa shape index (κ1) is 24.4. The number of hydrogen-bond acceptors (Lipinski definition) is 4. The summed E-state index contributed by atoms with van der Waals surface area (Å²) in [7, 11) is 1.87. The summed E-state index contributed by atoms with van der Waals surface area (Å²) in [5.74, 6) is 0.258. The minimum Gasteiger partial charge on any atom is -0.337 e. The first-order valence-corrected chi connectivity index (χ1v) is 13.5. The SMILES string of the molecule is Cn1nc(C(=O)N2CCC(c3ccc(NC(=O)Cn4cnc5ccccc54)cc3)CC2)c2cc(Br)ccc21. The lowest BCUT2D eigenvalue weighted by Gasteiger charge is -2.32. The van der Waals surface area contributed by atoms with Crippen molar-refractivity contribution in [3.8, 4) is 0 Å². The van der Waals surface area contributed by atoms with E-state index in [-0.39, 0.29) is 18.4 Å². The number of imidazole rings is 1. The predicted octanol–water partition coefficient (Wildman–Crippen LogP) is 5.34. The van der Waals surface area contributed by atoms with Crippen LogP contribution in [0.3, 0.4) is 0 Å². The van der Waals surface area contributed by atoms with Crippen LogP contribution < -0.4 is 5.32 Å². The number of nitrogens with one attached hydrogen (secondary N) is 1. The van der Waals surface area contributed by atoms with Gasteiger partial charge in [0.2, 0.25) is 5.91 Å². The quantitative estimate of drug-likeness (QED) is 0.309. The molecule has 5 aromatic rings. The molecule has 6 rings (SSSR count). The van der Waals surface area contributed by atoms with Crippen LogP contribution in [0.15, 0.2) is 77.5 Å². The molecule has 3 heterocycles. The maximum Gasteiger partial charge on any atom is 0.275 e. The van der Waals surface area contributed by atoms with Crippen LogP contribution in [0, 0.1) is 0 Å². The van der Waals surface area contributed by atoms with Crippen LogP contribution in [0.2, 0.25) is 0 Å².